The van der Waals surface area contributed by atoms with Gasteiger partial charge in [-0.1, -0.05) is 47.7 Å². The summed E-state index contributed by atoms with van der Waals surface area (Å²) in [6.45, 7) is 22.2. The molecule has 0 aliphatic heterocycles. The summed E-state index contributed by atoms with van der Waals surface area (Å²) in [6, 6.07) is 6.26. The maximum atomic E-state index is 4.03. The molecule has 0 aliphatic carbocycles. The van der Waals surface area contributed by atoms with Crippen LogP contribution in [-0.2, 0) is 0 Å². The van der Waals surface area contributed by atoms with Crippen LogP contribution in [-0.4, -0.2) is 33.5 Å². The van der Waals surface area contributed by atoms with Crippen LogP contribution in [0, 0.1) is 0 Å². The van der Waals surface area contributed by atoms with Crippen molar-refractivity contribution in [2.45, 2.75) is 77.9 Å². The van der Waals surface area contributed by atoms with E-state index in [-0.39, 0.29) is 0 Å². The minimum absolute atomic E-state index is 0.700. The van der Waals surface area contributed by atoms with Gasteiger partial charge in [0.05, 0.1) is 8.07 Å². The van der Waals surface area contributed by atoms with E-state index in [1.165, 1.54) is 30.7 Å². The van der Waals surface area contributed by atoms with Crippen LogP contribution in [0.5, 0.6) is 0 Å². The summed E-state index contributed by atoms with van der Waals surface area (Å²) >= 11 is 0. The van der Waals surface area contributed by atoms with E-state index in [4.69, 9.17) is 0 Å². The summed E-state index contributed by atoms with van der Waals surface area (Å²) in [7, 11) is -2.36. The SMILES string of the molecule is C=C[Si](C)(C)CCN(C(C)C)[Si](CC)(CC)CC. The van der Waals surface area contributed by atoms with E-state index in [9.17, 15) is 0 Å². The minimum Gasteiger partial charge on any atom is -0.321 e. The molecule has 0 aliphatic rings. The molecule has 108 valence electrons. The average molecular weight is 286 g/mol. The highest BCUT2D eigenvalue weighted by atomic mass is 28.3. The molecule has 0 aromatic heterocycles. The Labute approximate surface area is 118 Å². The Morgan fingerprint density at radius 3 is 1.78 bits per heavy atom. The summed E-state index contributed by atoms with van der Waals surface area (Å²) in [4.78, 5) is 0. The molecule has 0 radical (unpaired) electrons. The fraction of sp³-hybridized carbons (Fsp3) is 0.867. The Hall–Kier alpha value is 0.134. The predicted octanol–water partition coefficient (Wildman–Crippen LogP) is 5.14. The molecule has 0 spiro atoms. The first kappa shape index (κ1) is 18.1. The first-order valence-corrected chi connectivity index (χ1v) is 13.5. The molecule has 0 atom stereocenters. The minimum atomic E-state index is -1.20. The van der Waals surface area contributed by atoms with Crippen molar-refractivity contribution in [1.29, 1.82) is 0 Å². The van der Waals surface area contributed by atoms with Crippen LogP contribution >= 0.6 is 0 Å². The summed E-state index contributed by atoms with van der Waals surface area (Å²) in [6.07, 6.45) is 0. The van der Waals surface area contributed by atoms with Crippen molar-refractivity contribution >= 4 is 16.3 Å². The number of nitrogens with zero attached hydrogens (tertiary/aromatic N) is 1. The molecule has 18 heavy (non-hydrogen) atoms. The van der Waals surface area contributed by atoms with Crippen molar-refractivity contribution in [3.05, 3.63) is 12.3 Å². The van der Waals surface area contributed by atoms with Gasteiger partial charge in [0.15, 0.2) is 0 Å². The number of hydrogen-bond donors (Lipinski definition) is 0. The Morgan fingerprint density at radius 1 is 1.06 bits per heavy atom. The lowest BCUT2D eigenvalue weighted by molar-refractivity contribution is 0.360. The number of hydrogen-bond acceptors (Lipinski definition) is 1. The lowest BCUT2D eigenvalue weighted by atomic mass is 10.4. The largest absolute Gasteiger partial charge is 0.321 e. The first-order chi connectivity index (χ1) is 8.28. The molecule has 0 fully saturated rings. The lowest BCUT2D eigenvalue weighted by Crippen LogP contribution is -2.56. The van der Waals surface area contributed by atoms with Gasteiger partial charge in [-0.3, -0.25) is 0 Å². The third-order valence-electron chi connectivity index (χ3n) is 4.76. The molecule has 0 unspecified atom stereocenters. The zero-order chi connectivity index (χ0) is 14.4. The van der Waals surface area contributed by atoms with Crippen LogP contribution in [0.1, 0.15) is 34.6 Å². The van der Waals surface area contributed by atoms with Crippen LogP contribution in [0.15, 0.2) is 12.3 Å². The van der Waals surface area contributed by atoms with Crippen molar-refractivity contribution in [2.24, 2.45) is 0 Å². The zero-order valence-electron chi connectivity index (χ0n) is 13.8. The van der Waals surface area contributed by atoms with Gasteiger partial charge in [-0.2, -0.15) is 0 Å². The van der Waals surface area contributed by atoms with Gasteiger partial charge in [0.1, 0.15) is 8.24 Å². The second kappa shape index (κ2) is 7.66. The lowest BCUT2D eigenvalue weighted by Gasteiger charge is -2.44. The van der Waals surface area contributed by atoms with Crippen LogP contribution < -0.4 is 0 Å². The standard InChI is InChI=1S/C15H35NSi2/c1-9-17(7,8)14-13-16(15(5)6)18(10-2,11-3)12-4/h9,15H,1,10-14H2,2-8H3. The normalized spacial score (nSPS) is 13.4. The third-order valence-corrected chi connectivity index (χ3v) is 13.3. The summed E-state index contributed by atoms with van der Waals surface area (Å²) in [5.74, 6) is 0. The van der Waals surface area contributed by atoms with E-state index in [0.29, 0.717) is 6.04 Å². The topological polar surface area (TPSA) is 3.24 Å². The Morgan fingerprint density at radius 2 is 1.50 bits per heavy atom. The monoisotopic (exact) mass is 285 g/mol. The predicted molar refractivity (Wildman–Crippen MR) is 91.5 cm³/mol. The Kier molecular flexibility index (Phi) is 7.71. The maximum Gasteiger partial charge on any atom is 0.127 e. The van der Waals surface area contributed by atoms with Gasteiger partial charge in [-0.25, -0.2) is 0 Å². The molecule has 0 heterocycles. The molecular formula is C15H35NSi2. The van der Waals surface area contributed by atoms with E-state index >= 15 is 0 Å². The summed E-state index contributed by atoms with van der Waals surface area (Å²) in [5.41, 5.74) is 2.25. The first-order valence-electron chi connectivity index (χ1n) is 7.69. The second-order valence-electron chi connectivity index (χ2n) is 6.51. The van der Waals surface area contributed by atoms with Crippen molar-refractivity contribution in [1.82, 2.24) is 4.57 Å². The van der Waals surface area contributed by atoms with E-state index in [0.717, 1.165) is 0 Å². The third kappa shape index (κ3) is 4.67. The van der Waals surface area contributed by atoms with Gasteiger partial charge in [0.2, 0.25) is 0 Å². The van der Waals surface area contributed by atoms with E-state index < -0.39 is 16.3 Å². The summed E-state index contributed by atoms with van der Waals surface area (Å²) < 4.78 is 2.89. The van der Waals surface area contributed by atoms with Crippen molar-refractivity contribution in [2.75, 3.05) is 6.54 Å². The highest BCUT2D eigenvalue weighted by Crippen LogP contribution is 2.28. The molecular weight excluding hydrogens is 250 g/mol. The van der Waals surface area contributed by atoms with Crippen LogP contribution in [0.4, 0.5) is 0 Å². The molecule has 0 aromatic carbocycles. The Bertz CT molecular complexity index is 237. The fourth-order valence-corrected chi connectivity index (χ4v) is 8.56. The quantitative estimate of drug-likeness (QED) is 0.530. The van der Waals surface area contributed by atoms with Crippen molar-refractivity contribution in [3.8, 4) is 0 Å². The van der Waals surface area contributed by atoms with Gasteiger partial charge >= 0.3 is 0 Å². The second-order valence-corrected chi connectivity index (χ2v) is 16.5. The summed E-state index contributed by atoms with van der Waals surface area (Å²) in [5, 5.41) is 0. The average Bonchev–Trinajstić information content (AvgIpc) is 2.34. The Balaban J connectivity index is 4.91. The molecule has 0 N–H and O–H groups in total. The molecule has 1 nitrogen and oxygen atoms in total. The van der Waals surface area contributed by atoms with E-state index in [1.807, 2.05) is 0 Å². The molecule has 3 heteroatoms. The molecule has 0 aromatic rings. The molecule has 0 amide bonds. The van der Waals surface area contributed by atoms with Gasteiger partial charge < -0.3 is 4.57 Å². The van der Waals surface area contributed by atoms with Crippen LogP contribution in [0.3, 0.4) is 0 Å². The van der Waals surface area contributed by atoms with Crippen molar-refractivity contribution in [3.63, 3.8) is 0 Å². The fourth-order valence-electron chi connectivity index (χ4n) is 2.91. The molecule has 0 saturated heterocycles. The van der Waals surface area contributed by atoms with Crippen LogP contribution in [0.2, 0.25) is 37.3 Å². The zero-order valence-corrected chi connectivity index (χ0v) is 15.8. The van der Waals surface area contributed by atoms with E-state index in [2.05, 4.69) is 64.6 Å². The van der Waals surface area contributed by atoms with Gasteiger partial charge in [0.25, 0.3) is 0 Å². The van der Waals surface area contributed by atoms with E-state index in [1.54, 1.807) is 0 Å². The number of rotatable bonds is 9. The van der Waals surface area contributed by atoms with Gasteiger partial charge in [0, 0.05) is 0 Å². The molecule has 0 rings (SSSR count). The highest BCUT2D eigenvalue weighted by molar-refractivity contribution is 6.82. The maximum absolute atomic E-state index is 4.03. The highest BCUT2D eigenvalue weighted by Gasteiger charge is 2.36. The van der Waals surface area contributed by atoms with Crippen LogP contribution in [0.25, 0.3) is 0 Å². The smallest absolute Gasteiger partial charge is 0.127 e. The molecule has 0 bridgehead atoms. The van der Waals surface area contributed by atoms with Crippen molar-refractivity contribution < 1.29 is 0 Å². The van der Waals surface area contributed by atoms with Gasteiger partial charge in [-0.15, -0.1) is 12.3 Å². The van der Waals surface area contributed by atoms with Gasteiger partial charge in [-0.05, 0) is 36.8 Å². The molecule has 0 saturated carbocycles.